The third-order valence-electron chi connectivity index (χ3n) is 3.76. The van der Waals surface area contributed by atoms with Gasteiger partial charge in [-0.15, -0.1) is 0 Å². The molecular weight excluding hydrogens is 230 g/mol. The average Bonchev–Trinajstić information content (AvgIpc) is 2.61. The minimum absolute atomic E-state index is 0.333. The summed E-state index contributed by atoms with van der Waals surface area (Å²) >= 11 is 0. The van der Waals surface area contributed by atoms with Gasteiger partial charge in [-0.25, -0.2) is 4.79 Å². The molecule has 0 unspecified atom stereocenters. The molecule has 106 valence electrons. The second kappa shape index (κ2) is 5.08. The summed E-state index contributed by atoms with van der Waals surface area (Å²) in [6.07, 6.45) is 3.34. The summed E-state index contributed by atoms with van der Waals surface area (Å²) in [5.41, 5.74) is -1.49. The van der Waals surface area contributed by atoms with E-state index in [0.717, 1.165) is 25.7 Å². The van der Waals surface area contributed by atoms with Gasteiger partial charge < -0.3 is 15.2 Å². The van der Waals surface area contributed by atoms with Gasteiger partial charge in [0, 0.05) is 12.0 Å². The van der Waals surface area contributed by atoms with Gasteiger partial charge in [-0.2, -0.15) is 0 Å². The Bertz CT molecular complexity index is 299. The Morgan fingerprint density at radius 1 is 1.22 bits per heavy atom. The number of rotatable bonds is 3. The summed E-state index contributed by atoms with van der Waals surface area (Å²) in [4.78, 5) is 11.6. The lowest BCUT2D eigenvalue weighted by atomic mass is 9.73. The molecular formula is C14H27NO3. The van der Waals surface area contributed by atoms with E-state index in [1.165, 1.54) is 0 Å². The number of aliphatic hydroxyl groups is 1. The third-order valence-corrected chi connectivity index (χ3v) is 3.76. The highest BCUT2D eigenvalue weighted by Crippen LogP contribution is 2.43. The summed E-state index contributed by atoms with van der Waals surface area (Å²) < 4.78 is 5.20. The molecule has 0 radical (unpaired) electrons. The van der Waals surface area contributed by atoms with Crippen LogP contribution in [-0.4, -0.2) is 28.9 Å². The largest absolute Gasteiger partial charge is 0.444 e. The minimum atomic E-state index is -0.665. The van der Waals surface area contributed by atoms with Crippen LogP contribution in [0.2, 0.25) is 0 Å². The topological polar surface area (TPSA) is 58.6 Å². The van der Waals surface area contributed by atoms with E-state index in [1.807, 2.05) is 34.6 Å². The van der Waals surface area contributed by atoms with Gasteiger partial charge in [-0.3, -0.25) is 0 Å². The van der Waals surface area contributed by atoms with Crippen molar-refractivity contribution in [3.8, 4) is 0 Å². The van der Waals surface area contributed by atoms with E-state index in [0.29, 0.717) is 6.54 Å². The molecule has 0 aromatic rings. The Morgan fingerprint density at radius 3 is 2.17 bits per heavy atom. The molecule has 0 aliphatic heterocycles. The van der Waals surface area contributed by atoms with Crippen molar-refractivity contribution >= 4 is 6.09 Å². The lowest BCUT2D eigenvalue weighted by molar-refractivity contribution is -0.0604. The molecule has 1 saturated carbocycles. The van der Waals surface area contributed by atoms with Crippen LogP contribution >= 0.6 is 0 Å². The van der Waals surface area contributed by atoms with Crippen LogP contribution in [0.4, 0.5) is 4.79 Å². The first kappa shape index (κ1) is 15.3. The van der Waals surface area contributed by atoms with Gasteiger partial charge >= 0.3 is 6.09 Å². The van der Waals surface area contributed by atoms with E-state index in [1.54, 1.807) is 0 Å². The summed E-state index contributed by atoms with van der Waals surface area (Å²) in [5.74, 6) is 0. The maximum absolute atomic E-state index is 11.6. The maximum Gasteiger partial charge on any atom is 0.407 e. The quantitative estimate of drug-likeness (QED) is 0.817. The number of carbonyl (C=O) groups is 1. The zero-order valence-electron chi connectivity index (χ0n) is 12.3. The zero-order valence-corrected chi connectivity index (χ0v) is 12.3. The Morgan fingerprint density at radius 2 is 1.72 bits per heavy atom. The van der Waals surface area contributed by atoms with Gasteiger partial charge in [-0.05, 0) is 33.6 Å². The van der Waals surface area contributed by atoms with Crippen molar-refractivity contribution in [2.24, 2.45) is 5.41 Å². The third kappa shape index (κ3) is 3.87. The summed E-state index contributed by atoms with van der Waals surface area (Å²) in [6, 6.07) is 0. The lowest BCUT2D eigenvalue weighted by Gasteiger charge is -2.40. The fraction of sp³-hybridized carbons (Fsp3) is 0.929. The van der Waals surface area contributed by atoms with E-state index in [2.05, 4.69) is 5.32 Å². The van der Waals surface area contributed by atoms with Crippen molar-refractivity contribution in [1.82, 2.24) is 5.32 Å². The van der Waals surface area contributed by atoms with Crippen molar-refractivity contribution < 1.29 is 14.6 Å². The molecule has 1 amide bonds. The highest BCUT2D eigenvalue weighted by molar-refractivity contribution is 5.67. The highest BCUT2D eigenvalue weighted by atomic mass is 16.6. The van der Waals surface area contributed by atoms with Crippen LogP contribution in [0, 0.1) is 5.41 Å². The van der Waals surface area contributed by atoms with Crippen LogP contribution in [0.15, 0.2) is 0 Å². The first-order valence-electron chi connectivity index (χ1n) is 6.75. The molecule has 0 bridgehead atoms. The number of hydrogen-bond acceptors (Lipinski definition) is 3. The SMILES string of the molecule is CC(C)(C)OC(=O)NCC(C)(C)C1(O)CCCC1. The molecule has 0 aromatic heterocycles. The van der Waals surface area contributed by atoms with Gasteiger partial charge in [-0.1, -0.05) is 26.7 Å². The van der Waals surface area contributed by atoms with Crippen molar-refractivity contribution in [3.63, 3.8) is 0 Å². The number of hydrogen-bond donors (Lipinski definition) is 2. The molecule has 4 nitrogen and oxygen atoms in total. The number of amides is 1. The van der Waals surface area contributed by atoms with Crippen molar-refractivity contribution in [2.45, 2.75) is 71.5 Å². The molecule has 1 fully saturated rings. The molecule has 0 spiro atoms. The van der Waals surface area contributed by atoms with Gasteiger partial charge in [0.15, 0.2) is 0 Å². The van der Waals surface area contributed by atoms with E-state index < -0.39 is 17.3 Å². The molecule has 1 aliphatic rings. The fourth-order valence-electron chi connectivity index (χ4n) is 2.41. The first-order chi connectivity index (χ1) is 8.06. The fourth-order valence-corrected chi connectivity index (χ4v) is 2.41. The van der Waals surface area contributed by atoms with Gasteiger partial charge in [0.05, 0.1) is 5.60 Å². The standard InChI is InChI=1S/C14H27NO3/c1-12(2,3)18-11(16)15-10-13(4,5)14(17)8-6-7-9-14/h17H,6-10H2,1-5H3,(H,15,16). The Balaban J connectivity index is 2.49. The van der Waals surface area contributed by atoms with Crippen LogP contribution in [-0.2, 0) is 4.74 Å². The number of nitrogens with one attached hydrogen (secondary N) is 1. The number of alkyl carbamates (subject to hydrolysis) is 1. The van der Waals surface area contributed by atoms with Crippen LogP contribution in [0.5, 0.6) is 0 Å². The molecule has 0 aromatic carbocycles. The molecule has 1 aliphatic carbocycles. The minimum Gasteiger partial charge on any atom is -0.444 e. The second-order valence-corrected chi connectivity index (χ2v) is 6.98. The molecule has 2 N–H and O–H groups in total. The van der Waals surface area contributed by atoms with Crippen molar-refractivity contribution in [2.75, 3.05) is 6.54 Å². The van der Waals surface area contributed by atoms with Crippen LogP contribution in [0.3, 0.4) is 0 Å². The molecule has 1 rings (SSSR count). The maximum atomic E-state index is 11.6. The van der Waals surface area contributed by atoms with Crippen molar-refractivity contribution in [3.05, 3.63) is 0 Å². The predicted molar refractivity (Wildman–Crippen MR) is 71.4 cm³/mol. The normalized spacial score (nSPS) is 19.7. The molecule has 0 saturated heterocycles. The predicted octanol–water partition coefficient (Wildman–Crippen LogP) is 2.84. The van der Waals surface area contributed by atoms with Crippen molar-refractivity contribution in [1.29, 1.82) is 0 Å². The van der Waals surface area contributed by atoms with Crippen LogP contribution < -0.4 is 5.32 Å². The van der Waals surface area contributed by atoms with Gasteiger partial charge in [0.1, 0.15) is 5.60 Å². The number of ether oxygens (including phenoxy) is 1. The van der Waals surface area contributed by atoms with E-state index >= 15 is 0 Å². The van der Waals surface area contributed by atoms with Crippen LogP contribution in [0.1, 0.15) is 60.3 Å². The Labute approximate surface area is 110 Å². The molecule has 18 heavy (non-hydrogen) atoms. The van der Waals surface area contributed by atoms with E-state index in [4.69, 9.17) is 4.74 Å². The summed E-state index contributed by atoms with van der Waals surface area (Å²) in [5, 5.41) is 13.3. The second-order valence-electron chi connectivity index (χ2n) is 6.98. The Hall–Kier alpha value is -0.770. The Kier molecular flexibility index (Phi) is 4.31. The summed E-state index contributed by atoms with van der Waals surface area (Å²) in [6.45, 7) is 9.93. The molecule has 0 heterocycles. The van der Waals surface area contributed by atoms with Gasteiger partial charge in [0.2, 0.25) is 0 Å². The number of carbonyl (C=O) groups excluding carboxylic acids is 1. The zero-order chi connectivity index (χ0) is 14.0. The lowest BCUT2D eigenvalue weighted by Crippen LogP contribution is -2.50. The smallest absolute Gasteiger partial charge is 0.407 e. The molecule has 4 heteroatoms. The van der Waals surface area contributed by atoms with Crippen LogP contribution in [0.25, 0.3) is 0 Å². The van der Waals surface area contributed by atoms with E-state index in [-0.39, 0.29) is 5.41 Å². The average molecular weight is 257 g/mol. The first-order valence-corrected chi connectivity index (χ1v) is 6.75. The highest BCUT2D eigenvalue weighted by Gasteiger charge is 2.45. The van der Waals surface area contributed by atoms with E-state index in [9.17, 15) is 9.90 Å². The van der Waals surface area contributed by atoms with Gasteiger partial charge in [0.25, 0.3) is 0 Å². The summed E-state index contributed by atoms with van der Waals surface area (Å²) in [7, 11) is 0. The monoisotopic (exact) mass is 257 g/mol. The molecule has 0 atom stereocenters.